The van der Waals surface area contributed by atoms with E-state index in [-0.39, 0.29) is 0 Å². The van der Waals surface area contributed by atoms with Crippen molar-refractivity contribution in [2.75, 3.05) is 63.9 Å². The van der Waals surface area contributed by atoms with Gasteiger partial charge in [0, 0.05) is 37.6 Å². The molecule has 0 amide bonds. The Kier molecular flexibility index (Phi) is 6.45. The minimum atomic E-state index is 0.811. The number of morpholine rings is 1. The van der Waals surface area contributed by atoms with E-state index in [1.165, 1.54) is 41.8 Å². The topological polar surface area (TPSA) is 44.7 Å². The van der Waals surface area contributed by atoms with Gasteiger partial charge in [-0.15, -0.1) is 11.3 Å². The van der Waals surface area contributed by atoms with E-state index in [0.717, 1.165) is 69.0 Å². The number of rotatable bonds is 5. The molecule has 6 nitrogen and oxygen atoms in total. The lowest BCUT2D eigenvalue weighted by atomic mass is 10.2. The van der Waals surface area contributed by atoms with Gasteiger partial charge >= 0.3 is 0 Å². The molecule has 0 N–H and O–H groups in total. The maximum atomic E-state index is 5.50. The monoisotopic (exact) mass is 403 g/mol. The van der Waals surface area contributed by atoms with Crippen molar-refractivity contribution in [1.29, 1.82) is 0 Å². The Labute approximate surface area is 172 Å². The summed E-state index contributed by atoms with van der Waals surface area (Å²) in [6.07, 6.45) is 2.43. The van der Waals surface area contributed by atoms with E-state index in [0.29, 0.717) is 0 Å². The summed E-state index contributed by atoms with van der Waals surface area (Å²) in [6, 6.07) is 0. The summed E-state index contributed by atoms with van der Waals surface area (Å²) in [5, 5.41) is 1.28. The van der Waals surface area contributed by atoms with Crippen molar-refractivity contribution in [2.45, 2.75) is 40.2 Å². The minimum Gasteiger partial charge on any atom is -0.379 e. The smallest absolute Gasteiger partial charge is 0.146 e. The zero-order valence-electron chi connectivity index (χ0n) is 17.5. The van der Waals surface area contributed by atoms with E-state index in [1.54, 1.807) is 0 Å². The van der Waals surface area contributed by atoms with Crippen LogP contribution in [-0.4, -0.2) is 78.8 Å². The number of fused-ring (bicyclic) bond motifs is 1. The Bertz CT molecular complexity index is 802. The van der Waals surface area contributed by atoms with Gasteiger partial charge in [0.2, 0.25) is 0 Å². The summed E-state index contributed by atoms with van der Waals surface area (Å²) in [6.45, 7) is 16.7. The Balaban J connectivity index is 1.64. The first kappa shape index (κ1) is 20.0. The third kappa shape index (κ3) is 4.32. The van der Waals surface area contributed by atoms with Crippen molar-refractivity contribution in [3.8, 4) is 0 Å². The van der Waals surface area contributed by atoms with Gasteiger partial charge in [0.25, 0.3) is 0 Å². The molecule has 0 saturated carbocycles. The van der Waals surface area contributed by atoms with Gasteiger partial charge in [-0.25, -0.2) is 9.97 Å². The van der Waals surface area contributed by atoms with Crippen molar-refractivity contribution >= 4 is 27.4 Å². The zero-order valence-corrected chi connectivity index (χ0v) is 18.4. The van der Waals surface area contributed by atoms with Crippen LogP contribution in [0.5, 0.6) is 0 Å². The molecule has 0 unspecified atom stereocenters. The molecule has 2 saturated heterocycles. The quantitative estimate of drug-likeness (QED) is 0.765. The molecule has 28 heavy (non-hydrogen) atoms. The van der Waals surface area contributed by atoms with Crippen LogP contribution < -0.4 is 4.90 Å². The summed E-state index contributed by atoms with van der Waals surface area (Å²) in [5.41, 5.74) is 1.35. The molecule has 0 radical (unpaired) electrons. The number of anilines is 1. The van der Waals surface area contributed by atoms with Crippen LogP contribution in [0.15, 0.2) is 0 Å². The van der Waals surface area contributed by atoms with Crippen LogP contribution in [0.4, 0.5) is 5.82 Å². The predicted molar refractivity (Wildman–Crippen MR) is 117 cm³/mol. The second-order valence-corrected chi connectivity index (χ2v) is 9.20. The molecule has 4 heterocycles. The first-order valence-corrected chi connectivity index (χ1v) is 11.5. The summed E-state index contributed by atoms with van der Waals surface area (Å²) < 4.78 is 5.50. The number of thiophene rings is 1. The van der Waals surface area contributed by atoms with E-state index in [9.17, 15) is 0 Å². The summed E-state index contributed by atoms with van der Waals surface area (Å²) in [7, 11) is 0. The Hall–Kier alpha value is -1.28. The van der Waals surface area contributed by atoms with E-state index < -0.39 is 0 Å². The molecule has 2 aromatic rings. The molecule has 0 bridgehead atoms. The van der Waals surface area contributed by atoms with Crippen LogP contribution in [0.1, 0.15) is 36.0 Å². The fraction of sp³-hybridized carbons (Fsp3) is 0.714. The van der Waals surface area contributed by atoms with Gasteiger partial charge < -0.3 is 14.5 Å². The molecular weight excluding hydrogens is 370 g/mol. The van der Waals surface area contributed by atoms with Gasteiger partial charge in [0.15, 0.2) is 0 Å². The molecular formula is C21H33N5OS. The molecule has 2 aliphatic rings. The molecule has 2 aromatic heterocycles. The number of nitrogens with zero attached hydrogens (tertiary/aromatic N) is 5. The Morgan fingerprint density at radius 1 is 0.964 bits per heavy atom. The second-order valence-electron chi connectivity index (χ2n) is 8.00. The normalized spacial score (nSPS) is 20.0. The largest absolute Gasteiger partial charge is 0.379 e. The van der Waals surface area contributed by atoms with E-state index in [4.69, 9.17) is 14.7 Å². The van der Waals surface area contributed by atoms with Gasteiger partial charge in [-0.1, -0.05) is 6.92 Å². The average molecular weight is 404 g/mol. The standard InChI is InChI=1S/C21H33N5OS/c1-4-6-24-7-5-8-26(10-9-24)20-19-16(2)17(3)28-21(19)23-18(22-20)15-25-11-13-27-14-12-25/h4-15H2,1-3H3. The average Bonchev–Trinajstić information content (AvgIpc) is 2.86. The van der Waals surface area contributed by atoms with E-state index >= 15 is 0 Å². The summed E-state index contributed by atoms with van der Waals surface area (Å²) in [4.78, 5) is 20.1. The van der Waals surface area contributed by atoms with Crippen molar-refractivity contribution in [3.05, 3.63) is 16.3 Å². The highest BCUT2D eigenvalue weighted by Crippen LogP contribution is 2.35. The highest BCUT2D eigenvalue weighted by Gasteiger charge is 2.23. The zero-order chi connectivity index (χ0) is 19.5. The lowest BCUT2D eigenvalue weighted by Crippen LogP contribution is -2.36. The van der Waals surface area contributed by atoms with Crippen LogP contribution in [0, 0.1) is 13.8 Å². The van der Waals surface area contributed by atoms with Crippen LogP contribution in [-0.2, 0) is 11.3 Å². The molecule has 0 aromatic carbocycles. The van der Waals surface area contributed by atoms with Crippen molar-refractivity contribution in [3.63, 3.8) is 0 Å². The van der Waals surface area contributed by atoms with Gasteiger partial charge in [0.1, 0.15) is 16.5 Å². The molecule has 7 heteroatoms. The van der Waals surface area contributed by atoms with Crippen LogP contribution in [0.25, 0.3) is 10.2 Å². The molecule has 0 spiro atoms. The molecule has 0 aliphatic carbocycles. The van der Waals surface area contributed by atoms with Crippen molar-refractivity contribution < 1.29 is 4.74 Å². The number of hydrogen-bond acceptors (Lipinski definition) is 7. The minimum absolute atomic E-state index is 0.811. The molecule has 2 fully saturated rings. The van der Waals surface area contributed by atoms with Crippen LogP contribution >= 0.6 is 11.3 Å². The number of hydrogen-bond donors (Lipinski definition) is 0. The SMILES string of the molecule is CCCN1CCCN(c2nc(CN3CCOCC3)nc3sc(C)c(C)c23)CC1. The van der Waals surface area contributed by atoms with Gasteiger partial charge in [-0.3, -0.25) is 4.90 Å². The number of aryl methyl sites for hydroxylation is 2. The Morgan fingerprint density at radius 2 is 1.79 bits per heavy atom. The first-order chi connectivity index (χ1) is 13.7. The molecule has 2 aliphatic heterocycles. The summed E-state index contributed by atoms with van der Waals surface area (Å²) >= 11 is 1.82. The predicted octanol–water partition coefficient (Wildman–Crippen LogP) is 3.06. The fourth-order valence-electron chi connectivity index (χ4n) is 4.25. The third-order valence-electron chi connectivity index (χ3n) is 5.95. The van der Waals surface area contributed by atoms with E-state index in [2.05, 4.69) is 35.5 Å². The second kappa shape index (κ2) is 9.03. The van der Waals surface area contributed by atoms with Gasteiger partial charge in [0.05, 0.1) is 25.1 Å². The number of aromatic nitrogens is 2. The van der Waals surface area contributed by atoms with Crippen molar-refractivity contribution in [1.82, 2.24) is 19.8 Å². The maximum Gasteiger partial charge on any atom is 0.146 e. The van der Waals surface area contributed by atoms with Crippen LogP contribution in [0.2, 0.25) is 0 Å². The van der Waals surface area contributed by atoms with Crippen LogP contribution in [0.3, 0.4) is 0 Å². The van der Waals surface area contributed by atoms with Gasteiger partial charge in [-0.2, -0.15) is 0 Å². The fourth-order valence-corrected chi connectivity index (χ4v) is 5.30. The molecule has 0 atom stereocenters. The van der Waals surface area contributed by atoms with E-state index in [1.807, 2.05) is 11.3 Å². The van der Waals surface area contributed by atoms with Crippen molar-refractivity contribution in [2.24, 2.45) is 0 Å². The first-order valence-electron chi connectivity index (χ1n) is 10.7. The highest BCUT2D eigenvalue weighted by molar-refractivity contribution is 7.18. The lowest BCUT2D eigenvalue weighted by Gasteiger charge is -2.27. The number of ether oxygens (including phenoxy) is 1. The summed E-state index contributed by atoms with van der Waals surface area (Å²) in [5.74, 6) is 2.12. The third-order valence-corrected chi connectivity index (χ3v) is 7.05. The van der Waals surface area contributed by atoms with Gasteiger partial charge in [-0.05, 0) is 45.3 Å². The lowest BCUT2D eigenvalue weighted by molar-refractivity contribution is 0.0331. The maximum absolute atomic E-state index is 5.50. The highest BCUT2D eigenvalue weighted by atomic mass is 32.1. The molecule has 4 rings (SSSR count). The molecule has 154 valence electrons. The Morgan fingerprint density at radius 3 is 2.57 bits per heavy atom.